The van der Waals surface area contributed by atoms with Gasteiger partial charge in [0.05, 0.1) is 24.3 Å². The van der Waals surface area contributed by atoms with E-state index in [0.29, 0.717) is 24.3 Å². The van der Waals surface area contributed by atoms with Crippen LogP contribution in [0.5, 0.6) is 0 Å². The first kappa shape index (κ1) is 20.3. The van der Waals surface area contributed by atoms with Gasteiger partial charge >= 0.3 is 11.9 Å². The molecular weight excluding hydrogens is 364 g/mol. The molecule has 4 heteroatoms. The van der Waals surface area contributed by atoms with Gasteiger partial charge in [0.1, 0.15) is 0 Å². The molecule has 0 fully saturated rings. The SMILES string of the molecule is CCOC(=O)c1ccc(-c2cc(-c3ccc(C)cc3)ccc2C(=O)OCC)cc1. The zero-order valence-corrected chi connectivity index (χ0v) is 16.9. The third kappa shape index (κ3) is 4.72. The number of carbonyl (C=O) groups excluding carboxylic acids is 2. The lowest BCUT2D eigenvalue weighted by atomic mass is 9.93. The topological polar surface area (TPSA) is 52.6 Å². The molecule has 0 aliphatic rings. The number of carbonyl (C=O) groups is 2. The predicted octanol–water partition coefficient (Wildman–Crippen LogP) is 5.68. The smallest absolute Gasteiger partial charge is 0.338 e. The van der Waals surface area contributed by atoms with Crippen molar-refractivity contribution in [2.75, 3.05) is 13.2 Å². The summed E-state index contributed by atoms with van der Waals surface area (Å²) in [6.45, 7) is 6.23. The number of esters is 2. The van der Waals surface area contributed by atoms with Gasteiger partial charge in [0.15, 0.2) is 0 Å². The van der Waals surface area contributed by atoms with E-state index in [2.05, 4.69) is 24.3 Å². The Hall–Kier alpha value is -3.40. The maximum atomic E-state index is 12.5. The van der Waals surface area contributed by atoms with Gasteiger partial charge in [-0.1, -0.05) is 48.0 Å². The largest absolute Gasteiger partial charge is 0.462 e. The molecule has 0 aliphatic carbocycles. The molecule has 0 bridgehead atoms. The molecule has 29 heavy (non-hydrogen) atoms. The summed E-state index contributed by atoms with van der Waals surface area (Å²) in [7, 11) is 0. The van der Waals surface area contributed by atoms with E-state index in [9.17, 15) is 9.59 Å². The summed E-state index contributed by atoms with van der Waals surface area (Å²) in [4.78, 5) is 24.4. The number of hydrogen-bond acceptors (Lipinski definition) is 4. The number of aryl methyl sites for hydroxylation is 1. The summed E-state index contributed by atoms with van der Waals surface area (Å²) < 4.78 is 10.3. The van der Waals surface area contributed by atoms with Crippen LogP contribution in [-0.4, -0.2) is 25.2 Å². The Morgan fingerprint density at radius 1 is 0.690 bits per heavy atom. The molecule has 0 aromatic heterocycles. The van der Waals surface area contributed by atoms with Gasteiger partial charge in [0.2, 0.25) is 0 Å². The van der Waals surface area contributed by atoms with Crippen molar-refractivity contribution in [3.8, 4) is 22.3 Å². The van der Waals surface area contributed by atoms with Gasteiger partial charge in [-0.2, -0.15) is 0 Å². The maximum Gasteiger partial charge on any atom is 0.338 e. The fourth-order valence-electron chi connectivity index (χ4n) is 3.10. The van der Waals surface area contributed by atoms with Crippen LogP contribution in [-0.2, 0) is 9.47 Å². The average molecular weight is 388 g/mol. The molecule has 0 heterocycles. The Bertz CT molecular complexity index is 1000. The molecule has 4 nitrogen and oxygen atoms in total. The lowest BCUT2D eigenvalue weighted by Crippen LogP contribution is -2.07. The Balaban J connectivity index is 2.05. The average Bonchev–Trinajstić information content (AvgIpc) is 2.74. The van der Waals surface area contributed by atoms with Crippen LogP contribution in [0, 0.1) is 6.92 Å². The molecule has 0 N–H and O–H groups in total. The number of rotatable bonds is 6. The summed E-state index contributed by atoms with van der Waals surface area (Å²) >= 11 is 0. The van der Waals surface area contributed by atoms with E-state index >= 15 is 0 Å². The van der Waals surface area contributed by atoms with Crippen LogP contribution in [0.25, 0.3) is 22.3 Å². The normalized spacial score (nSPS) is 10.4. The van der Waals surface area contributed by atoms with Crippen LogP contribution >= 0.6 is 0 Å². The quantitative estimate of drug-likeness (QED) is 0.510. The van der Waals surface area contributed by atoms with E-state index in [-0.39, 0.29) is 11.9 Å². The first-order valence-corrected chi connectivity index (χ1v) is 9.69. The Kier molecular flexibility index (Phi) is 6.45. The molecule has 0 atom stereocenters. The molecular formula is C25H24O4. The summed E-state index contributed by atoms with van der Waals surface area (Å²) in [6, 6.07) is 21.0. The molecule has 0 amide bonds. The fourth-order valence-corrected chi connectivity index (χ4v) is 3.10. The second-order valence-corrected chi connectivity index (χ2v) is 6.64. The standard InChI is InChI=1S/C25H24O4/c1-4-28-24(26)20-12-10-19(11-13-20)23-16-21(18-8-6-17(3)7-9-18)14-15-22(23)25(27)29-5-2/h6-16H,4-5H2,1-3H3. The summed E-state index contributed by atoms with van der Waals surface area (Å²) in [6.07, 6.45) is 0. The van der Waals surface area contributed by atoms with Crippen molar-refractivity contribution < 1.29 is 19.1 Å². The third-order valence-electron chi connectivity index (χ3n) is 4.61. The van der Waals surface area contributed by atoms with Crippen molar-refractivity contribution in [2.24, 2.45) is 0 Å². The Morgan fingerprint density at radius 3 is 1.86 bits per heavy atom. The second kappa shape index (κ2) is 9.20. The number of benzene rings is 3. The first-order valence-electron chi connectivity index (χ1n) is 9.69. The summed E-state index contributed by atoms with van der Waals surface area (Å²) in [5, 5.41) is 0. The highest BCUT2D eigenvalue weighted by Gasteiger charge is 2.16. The minimum atomic E-state index is -0.368. The van der Waals surface area contributed by atoms with E-state index in [1.54, 1.807) is 32.0 Å². The van der Waals surface area contributed by atoms with Gasteiger partial charge in [-0.25, -0.2) is 9.59 Å². The van der Waals surface area contributed by atoms with Crippen molar-refractivity contribution in [3.05, 3.63) is 83.4 Å². The number of hydrogen-bond donors (Lipinski definition) is 0. The van der Waals surface area contributed by atoms with Gasteiger partial charge in [-0.15, -0.1) is 0 Å². The highest BCUT2D eigenvalue weighted by molar-refractivity contribution is 5.99. The van der Waals surface area contributed by atoms with Crippen LogP contribution in [0.4, 0.5) is 0 Å². The molecule has 0 aliphatic heterocycles. The van der Waals surface area contributed by atoms with Crippen molar-refractivity contribution >= 4 is 11.9 Å². The molecule has 0 saturated heterocycles. The molecule has 3 rings (SSSR count). The van der Waals surface area contributed by atoms with Crippen LogP contribution in [0.3, 0.4) is 0 Å². The van der Waals surface area contributed by atoms with Crippen LogP contribution < -0.4 is 0 Å². The van der Waals surface area contributed by atoms with Gasteiger partial charge in [0, 0.05) is 0 Å². The van der Waals surface area contributed by atoms with E-state index in [1.165, 1.54) is 5.56 Å². The molecule has 3 aromatic carbocycles. The monoisotopic (exact) mass is 388 g/mol. The highest BCUT2D eigenvalue weighted by Crippen LogP contribution is 2.31. The Morgan fingerprint density at radius 2 is 1.24 bits per heavy atom. The van der Waals surface area contributed by atoms with E-state index < -0.39 is 0 Å². The third-order valence-corrected chi connectivity index (χ3v) is 4.61. The van der Waals surface area contributed by atoms with Crippen LogP contribution in [0.2, 0.25) is 0 Å². The van der Waals surface area contributed by atoms with Gasteiger partial charge < -0.3 is 9.47 Å². The molecule has 0 saturated carbocycles. The van der Waals surface area contributed by atoms with Crippen molar-refractivity contribution in [1.29, 1.82) is 0 Å². The van der Waals surface area contributed by atoms with Crippen LogP contribution in [0.1, 0.15) is 40.1 Å². The zero-order chi connectivity index (χ0) is 20.8. The molecule has 3 aromatic rings. The first-order chi connectivity index (χ1) is 14.0. The van der Waals surface area contributed by atoms with E-state index in [1.807, 2.05) is 31.2 Å². The maximum absolute atomic E-state index is 12.5. The van der Waals surface area contributed by atoms with Gasteiger partial charge in [0.25, 0.3) is 0 Å². The Labute approximate surface area is 171 Å². The molecule has 0 unspecified atom stereocenters. The molecule has 0 spiro atoms. The zero-order valence-electron chi connectivity index (χ0n) is 16.9. The number of ether oxygens (including phenoxy) is 2. The minimum Gasteiger partial charge on any atom is -0.462 e. The summed E-state index contributed by atoms with van der Waals surface area (Å²) in [5.41, 5.74) is 5.81. The minimum absolute atomic E-state index is 0.305. The van der Waals surface area contributed by atoms with Gasteiger partial charge in [-0.05, 0) is 67.3 Å². The van der Waals surface area contributed by atoms with Crippen LogP contribution in [0.15, 0.2) is 66.7 Å². The lowest BCUT2D eigenvalue weighted by molar-refractivity contribution is 0.0517. The van der Waals surface area contributed by atoms with E-state index in [0.717, 1.165) is 22.3 Å². The molecule has 148 valence electrons. The highest BCUT2D eigenvalue weighted by atomic mass is 16.5. The van der Waals surface area contributed by atoms with Crippen molar-refractivity contribution in [3.63, 3.8) is 0 Å². The van der Waals surface area contributed by atoms with Crippen molar-refractivity contribution in [1.82, 2.24) is 0 Å². The predicted molar refractivity (Wildman–Crippen MR) is 114 cm³/mol. The summed E-state index contributed by atoms with van der Waals surface area (Å²) in [5.74, 6) is -0.731. The fraction of sp³-hybridized carbons (Fsp3) is 0.200. The molecule has 0 radical (unpaired) electrons. The van der Waals surface area contributed by atoms with Crippen molar-refractivity contribution in [2.45, 2.75) is 20.8 Å². The van der Waals surface area contributed by atoms with E-state index in [4.69, 9.17) is 9.47 Å². The lowest BCUT2D eigenvalue weighted by Gasteiger charge is -2.13. The second-order valence-electron chi connectivity index (χ2n) is 6.64. The van der Waals surface area contributed by atoms with Gasteiger partial charge in [-0.3, -0.25) is 0 Å².